The van der Waals surface area contributed by atoms with Crippen LogP contribution in [-0.4, -0.2) is 40.5 Å². The molecular weight excluding hydrogens is 427 g/mol. The van der Waals surface area contributed by atoms with E-state index in [1.165, 1.54) is 12.1 Å². The van der Waals surface area contributed by atoms with Crippen molar-refractivity contribution in [1.82, 2.24) is 9.97 Å². The summed E-state index contributed by atoms with van der Waals surface area (Å²) in [5.41, 5.74) is 6.39. The summed E-state index contributed by atoms with van der Waals surface area (Å²) in [6.07, 6.45) is 2.20. The zero-order valence-corrected chi connectivity index (χ0v) is 18.6. The topological polar surface area (TPSA) is 119 Å². The van der Waals surface area contributed by atoms with Crippen LogP contribution in [0.1, 0.15) is 37.2 Å². The molecule has 1 aliphatic heterocycles. The second-order valence-electron chi connectivity index (χ2n) is 6.68. The van der Waals surface area contributed by atoms with Crippen molar-refractivity contribution in [2.75, 3.05) is 18.0 Å². The maximum atomic E-state index is 13.0. The second-order valence-corrected chi connectivity index (χ2v) is 6.68. The van der Waals surface area contributed by atoms with Crippen molar-refractivity contribution >= 4 is 18.2 Å². The lowest BCUT2D eigenvalue weighted by atomic mass is 10.2. The maximum absolute atomic E-state index is 13.0. The Balaban J connectivity index is 0.000000714. The van der Waals surface area contributed by atoms with E-state index in [2.05, 4.69) is 14.9 Å². The number of anilines is 1. The summed E-state index contributed by atoms with van der Waals surface area (Å²) in [7, 11) is 0. The van der Waals surface area contributed by atoms with Gasteiger partial charge in [0.05, 0.1) is 0 Å². The molecule has 1 aliphatic rings. The molecule has 1 aromatic heterocycles. The number of nitrogens with zero attached hydrogens (tertiary/aromatic N) is 3. The number of primary amides is 1. The number of hydrogen-bond donors (Lipinski definition) is 2. The monoisotopic (exact) mass is 454 g/mol. The zero-order valence-electron chi connectivity index (χ0n) is 18.6. The lowest BCUT2D eigenvalue weighted by Crippen LogP contribution is -2.22. The number of halogens is 1. The van der Waals surface area contributed by atoms with E-state index < -0.39 is 5.91 Å². The van der Waals surface area contributed by atoms with Crippen molar-refractivity contribution in [2.45, 2.75) is 26.7 Å². The lowest BCUT2D eigenvalue weighted by Gasteiger charge is -2.17. The Morgan fingerprint density at radius 1 is 1.03 bits per heavy atom. The summed E-state index contributed by atoms with van der Waals surface area (Å²) >= 11 is 0. The van der Waals surface area contributed by atoms with E-state index in [9.17, 15) is 9.18 Å². The van der Waals surface area contributed by atoms with Gasteiger partial charge in [-0.05, 0) is 61.4 Å². The van der Waals surface area contributed by atoms with Crippen LogP contribution in [0.2, 0.25) is 0 Å². The molecule has 0 bridgehead atoms. The number of carbonyl (C=O) groups excluding carboxylic acids is 1. The minimum Gasteiger partial charge on any atom is -0.483 e. The van der Waals surface area contributed by atoms with Crippen LogP contribution in [0.5, 0.6) is 11.5 Å². The number of hydrogen-bond acceptors (Lipinski definition) is 6. The Morgan fingerprint density at radius 3 is 2.06 bits per heavy atom. The molecule has 2 aromatic carbocycles. The standard InChI is InChI=1S/C21H19FN4O2.C2H6.CH2O2/c22-15-5-9-17(10-6-15)28-16-7-3-14(4-8-16)21-24-18(20(23)27)13-19(25-21)26-11-1-2-12-26;1-2;2-1-3/h3-10,13H,1-2,11-12H2,(H2,23,27);1-2H3;1H,(H,2,3). The van der Waals surface area contributed by atoms with Gasteiger partial charge in [0.25, 0.3) is 12.4 Å². The van der Waals surface area contributed by atoms with Gasteiger partial charge in [-0.25, -0.2) is 14.4 Å². The van der Waals surface area contributed by atoms with Gasteiger partial charge in [-0.2, -0.15) is 0 Å². The van der Waals surface area contributed by atoms with Crippen LogP contribution in [0.15, 0.2) is 54.6 Å². The average molecular weight is 455 g/mol. The van der Waals surface area contributed by atoms with Crippen molar-refractivity contribution in [3.63, 3.8) is 0 Å². The largest absolute Gasteiger partial charge is 0.483 e. The van der Waals surface area contributed by atoms with E-state index in [1.54, 1.807) is 30.3 Å². The number of rotatable bonds is 5. The van der Waals surface area contributed by atoms with Gasteiger partial charge >= 0.3 is 0 Å². The van der Waals surface area contributed by atoms with E-state index in [1.807, 2.05) is 26.0 Å². The fourth-order valence-electron chi connectivity index (χ4n) is 3.11. The molecule has 4 rings (SSSR count). The molecule has 0 saturated carbocycles. The van der Waals surface area contributed by atoms with Crippen molar-refractivity contribution in [2.24, 2.45) is 5.73 Å². The van der Waals surface area contributed by atoms with E-state index in [0.29, 0.717) is 23.1 Å². The van der Waals surface area contributed by atoms with E-state index in [0.717, 1.165) is 31.5 Å². The van der Waals surface area contributed by atoms with E-state index in [-0.39, 0.29) is 18.0 Å². The molecule has 8 nitrogen and oxygen atoms in total. The molecular formula is C24H27FN4O4. The number of carboxylic acid groups (broad SMARTS) is 1. The third-order valence-corrected chi connectivity index (χ3v) is 4.56. The van der Waals surface area contributed by atoms with Crippen molar-refractivity contribution < 1.29 is 23.8 Å². The van der Waals surface area contributed by atoms with Crippen LogP contribution in [-0.2, 0) is 4.79 Å². The number of benzene rings is 2. The molecule has 3 aromatic rings. The lowest BCUT2D eigenvalue weighted by molar-refractivity contribution is -0.122. The van der Waals surface area contributed by atoms with Gasteiger partial charge in [0.1, 0.15) is 28.8 Å². The molecule has 0 radical (unpaired) electrons. The van der Waals surface area contributed by atoms with Gasteiger partial charge in [-0.15, -0.1) is 0 Å². The summed E-state index contributed by atoms with van der Waals surface area (Å²) in [5, 5.41) is 6.89. The molecule has 174 valence electrons. The summed E-state index contributed by atoms with van der Waals surface area (Å²) in [4.78, 5) is 31.1. The zero-order chi connectivity index (χ0) is 24.2. The fraction of sp³-hybridized carbons (Fsp3) is 0.250. The molecule has 1 fully saturated rings. The highest BCUT2D eigenvalue weighted by Crippen LogP contribution is 2.27. The van der Waals surface area contributed by atoms with Crippen LogP contribution in [0, 0.1) is 5.82 Å². The maximum Gasteiger partial charge on any atom is 0.290 e. The highest BCUT2D eigenvalue weighted by molar-refractivity contribution is 5.92. The van der Waals surface area contributed by atoms with Crippen molar-refractivity contribution in [3.05, 3.63) is 66.1 Å². The highest BCUT2D eigenvalue weighted by Gasteiger charge is 2.18. The Hall–Kier alpha value is -4.01. The number of amides is 1. The van der Waals surface area contributed by atoms with Gasteiger partial charge in [0, 0.05) is 24.7 Å². The molecule has 1 amide bonds. The third kappa shape index (κ3) is 7.27. The van der Waals surface area contributed by atoms with Crippen molar-refractivity contribution in [1.29, 1.82) is 0 Å². The van der Waals surface area contributed by atoms with Gasteiger partial charge in [-0.3, -0.25) is 9.59 Å². The summed E-state index contributed by atoms with van der Waals surface area (Å²) in [6.45, 7) is 5.55. The summed E-state index contributed by atoms with van der Waals surface area (Å²) in [5.74, 6) is 1.39. The minimum atomic E-state index is -0.583. The Kier molecular flexibility index (Phi) is 9.76. The third-order valence-electron chi connectivity index (χ3n) is 4.56. The molecule has 9 heteroatoms. The first-order valence-electron chi connectivity index (χ1n) is 10.6. The van der Waals surface area contributed by atoms with Crippen LogP contribution in [0.3, 0.4) is 0 Å². The summed E-state index contributed by atoms with van der Waals surface area (Å²) < 4.78 is 18.7. The van der Waals surface area contributed by atoms with Crippen molar-refractivity contribution in [3.8, 4) is 22.9 Å². The number of carbonyl (C=O) groups is 2. The quantitative estimate of drug-likeness (QED) is 0.545. The van der Waals surface area contributed by atoms with Gasteiger partial charge in [-0.1, -0.05) is 13.8 Å². The predicted octanol–water partition coefficient (Wildman–Crippen LogP) is 4.50. The number of aromatic nitrogens is 2. The Morgan fingerprint density at radius 2 is 1.55 bits per heavy atom. The normalized spacial score (nSPS) is 12.0. The molecule has 3 N–H and O–H groups in total. The van der Waals surface area contributed by atoms with E-state index >= 15 is 0 Å². The number of ether oxygens (including phenoxy) is 1. The first-order chi connectivity index (χ1) is 16.0. The fourth-order valence-corrected chi connectivity index (χ4v) is 3.11. The molecule has 2 heterocycles. The molecule has 33 heavy (non-hydrogen) atoms. The molecule has 0 unspecified atom stereocenters. The average Bonchev–Trinajstić information content (AvgIpc) is 3.38. The Labute approximate surface area is 191 Å². The van der Waals surface area contributed by atoms with E-state index in [4.69, 9.17) is 20.4 Å². The van der Waals surface area contributed by atoms with Crippen LogP contribution < -0.4 is 15.4 Å². The SMILES string of the molecule is CC.NC(=O)c1cc(N2CCCC2)nc(-c2ccc(Oc3ccc(F)cc3)cc2)n1.O=CO. The predicted molar refractivity (Wildman–Crippen MR) is 124 cm³/mol. The van der Waals surface area contributed by atoms with Crippen LogP contribution in [0.25, 0.3) is 11.4 Å². The Bertz CT molecular complexity index is 1040. The first-order valence-corrected chi connectivity index (χ1v) is 10.6. The second kappa shape index (κ2) is 12.7. The summed E-state index contributed by atoms with van der Waals surface area (Å²) in [6, 6.07) is 14.6. The van der Waals surface area contributed by atoms with Gasteiger partial charge in [0.2, 0.25) is 0 Å². The highest BCUT2D eigenvalue weighted by atomic mass is 19.1. The molecule has 0 aliphatic carbocycles. The number of nitrogens with two attached hydrogens (primary N) is 1. The van der Waals surface area contributed by atoms with Gasteiger partial charge in [0.15, 0.2) is 5.82 Å². The molecule has 0 atom stereocenters. The smallest absolute Gasteiger partial charge is 0.290 e. The molecule has 1 saturated heterocycles. The minimum absolute atomic E-state index is 0.193. The van der Waals surface area contributed by atoms with Crippen LogP contribution >= 0.6 is 0 Å². The first kappa shape index (κ1) is 25.3. The van der Waals surface area contributed by atoms with Crippen LogP contribution in [0.4, 0.5) is 10.2 Å². The molecule has 0 spiro atoms. The van der Waals surface area contributed by atoms with Gasteiger partial charge < -0.3 is 20.5 Å².